The minimum Gasteiger partial charge on any atom is -0.367 e. The normalized spacial score (nSPS) is 16.0. The molecule has 4 heterocycles. The Kier molecular flexibility index (Phi) is 4.52. The van der Waals surface area contributed by atoms with Crippen molar-refractivity contribution in [3.05, 3.63) is 35.7 Å². The number of anilines is 2. The minimum absolute atomic E-state index is 0.0103. The summed E-state index contributed by atoms with van der Waals surface area (Å²) in [6.45, 7) is 5.27. The maximum atomic E-state index is 13.1. The highest BCUT2D eigenvalue weighted by molar-refractivity contribution is 5.47. The van der Waals surface area contributed by atoms with Crippen molar-refractivity contribution in [1.29, 1.82) is 0 Å². The molecule has 4 rings (SSSR count). The van der Waals surface area contributed by atoms with Crippen LogP contribution in [0.5, 0.6) is 0 Å². The molecule has 0 atom stereocenters. The number of hydrogen-bond acceptors (Lipinski definition) is 7. The van der Waals surface area contributed by atoms with Crippen LogP contribution < -0.4 is 10.2 Å². The third kappa shape index (κ3) is 3.69. The molecular formula is C17H19F3N8. The van der Waals surface area contributed by atoms with E-state index in [1.165, 1.54) is 10.8 Å². The van der Waals surface area contributed by atoms with Gasteiger partial charge in [-0.2, -0.15) is 27.8 Å². The molecule has 3 aromatic rings. The molecule has 3 aromatic heterocycles. The average Bonchev–Trinajstić information content (AvgIpc) is 3.10. The lowest BCUT2D eigenvalue weighted by molar-refractivity contribution is -0.141. The number of aryl methyl sites for hydroxylation is 2. The highest BCUT2D eigenvalue weighted by atomic mass is 19.4. The first kappa shape index (κ1) is 18.4. The summed E-state index contributed by atoms with van der Waals surface area (Å²) in [5.41, 5.74) is -0.0762. The summed E-state index contributed by atoms with van der Waals surface area (Å²) in [7, 11) is 0. The highest BCUT2D eigenvalue weighted by Gasteiger charge is 2.34. The summed E-state index contributed by atoms with van der Waals surface area (Å²) < 4.78 is 40.6. The lowest BCUT2D eigenvalue weighted by Crippen LogP contribution is -2.40. The number of hydrogen-bond donors (Lipinski definition) is 1. The van der Waals surface area contributed by atoms with E-state index in [1.807, 2.05) is 19.9 Å². The van der Waals surface area contributed by atoms with Crippen LogP contribution in [0.2, 0.25) is 0 Å². The molecule has 1 fully saturated rings. The predicted molar refractivity (Wildman–Crippen MR) is 96.1 cm³/mol. The van der Waals surface area contributed by atoms with Crippen molar-refractivity contribution in [3.8, 4) is 0 Å². The number of nitrogens with one attached hydrogen (secondary N) is 1. The smallest absolute Gasteiger partial charge is 0.367 e. The molecule has 0 bridgehead atoms. The first-order valence-corrected chi connectivity index (χ1v) is 8.91. The van der Waals surface area contributed by atoms with Gasteiger partial charge in [0.05, 0.1) is 0 Å². The summed E-state index contributed by atoms with van der Waals surface area (Å²) in [5, 5.41) is 7.15. The van der Waals surface area contributed by atoms with Crippen LogP contribution in [0, 0.1) is 13.8 Å². The zero-order chi connectivity index (χ0) is 19.9. The van der Waals surface area contributed by atoms with E-state index in [4.69, 9.17) is 0 Å². The van der Waals surface area contributed by atoms with Gasteiger partial charge in [0.2, 0.25) is 0 Å². The zero-order valence-electron chi connectivity index (χ0n) is 15.4. The van der Waals surface area contributed by atoms with Crippen molar-refractivity contribution in [3.63, 3.8) is 0 Å². The van der Waals surface area contributed by atoms with Gasteiger partial charge < -0.3 is 10.2 Å². The van der Waals surface area contributed by atoms with Gasteiger partial charge in [-0.05, 0) is 26.7 Å². The Morgan fingerprint density at radius 2 is 1.82 bits per heavy atom. The maximum absolute atomic E-state index is 13.1. The topological polar surface area (TPSA) is 84.1 Å². The molecule has 0 amide bonds. The molecule has 0 spiro atoms. The molecule has 0 unspecified atom stereocenters. The number of fused-ring (bicyclic) bond motifs is 1. The van der Waals surface area contributed by atoms with Gasteiger partial charge in [-0.3, -0.25) is 0 Å². The molecule has 1 aliphatic rings. The molecular weight excluding hydrogens is 373 g/mol. The lowest BCUT2D eigenvalue weighted by Gasteiger charge is -2.33. The van der Waals surface area contributed by atoms with Crippen molar-refractivity contribution < 1.29 is 13.2 Å². The van der Waals surface area contributed by atoms with Gasteiger partial charge in [-0.15, -0.1) is 0 Å². The fraction of sp³-hybridized carbons (Fsp3) is 0.471. The third-order valence-corrected chi connectivity index (χ3v) is 4.67. The Balaban J connectivity index is 1.50. The van der Waals surface area contributed by atoms with E-state index in [0.29, 0.717) is 0 Å². The molecule has 11 heteroatoms. The molecule has 28 heavy (non-hydrogen) atoms. The zero-order valence-corrected chi connectivity index (χ0v) is 15.4. The van der Waals surface area contributed by atoms with Gasteiger partial charge in [0.25, 0.3) is 5.78 Å². The fourth-order valence-corrected chi connectivity index (χ4v) is 3.38. The maximum Gasteiger partial charge on any atom is 0.433 e. The second kappa shape index (κ2) is 6.88. The van der Waals surface area contributed by atoms with Gasteiger partial charge in [-0.25, -0.2) is 15.0 Å². The van der Waals surface area contributed by atoms with Gasteiger partial charge in [-0.1, -0.05) is 0 Å². The van der Waals surface area contributed by atoms with Gasteiger partial charge >= 0.3 is 6.18 Å². The Labute approximate surface area is 158 Å². The largest absolute Gasteiger partial charge is 0.433 e. The molecule has 1 saturated heterocycles. The second-order valence-electron chi connectivity index (χ2n) is 6.82. The second-order valence-corrected chi connectivity index (χ2v) is 6.82. The van der Waals surface area contributed by atoms with Crippen molar-refractivity contribution in [2.24, 2.45) is 0 Å². The molecule has 1 aliphatic heterocycles. The van der Waals surface area contributed by atoms with E-state index in [0.717, 1.165) is 49.3 Å². The number of halogens is 3. The summed E-state index contributed by atoms with van der Waals surface area (Å²) in [6.07, 6.45) is -1.85. The summed E-state index contributed by atoms with van der Waals surface area (Å²) in [4.78, 5) is 18.3. The van der Waals surface area contributed by atoms with E-state index in [2.05, 4.69) is 35.3 Å². The van der Waals surface area contributed by atoms with Crippen LogP contribution in [0.4, 0.5) is 24.8 Å². The van der Waals surface area contributed by atoms with E-state index in [-0.39, 0.29) is 17.6 Å². The lowest BCUT2D eigenvalue weighted by atomic mass is 10.0. The van der Waals surface area contributed by atoms with Crippen molar-refractivity contribution in [2.75, 3.05) is 23.3 Å². The van der Waals surface area contributed by atoms with Crippen LogP contribution in [-0.2, 0) is 6.18 Å². The molecule has 0 radical (unpaired) electrons. The Hall–Kier alpha value is -2.98. The van der Waals surface area contributed by atoms with E-state index in [1.54, 1.807) is 0 Å². The Morgan fingerprint density at radius 1 is 1.07 bits per heavy atom. The fourth-order valence-electron chi connectivity index (χ4n) is 3.38. The third-order valence-electron chi connectivity index (χ3n) is 4.67. The Bertz CT molecular complexity index is 971. The monoisotopic (exact) mass is 392 g/mol. The van der Waals surface area contributed by atoms with Crippen molar-refractivity contribution >= 4 is 17.4 Å². The molecule has 8 nitrogen and oxygen atoms in total. The van der Waals surface area contributed by atoms with Crippen LogP contribution >= 0.6 is 0 Å². The standard InChI is InChI=1S/C17H19F3N8/c1-10-7-14(24-11(2)23-10)27-5-3-12(4-6-27)25-15-8-13(17(18,19)20)26-16-21-9-22-28(15)16/h7-9,12,25H,3-6H2,1-2H3. The number of nitrogens with zero attached hydrogens (tertiary/aromatic N) is 7. The van der Waals surface area contributed by atoms with E-state index in [9.17, 15) is 13.2 Å². The number of aromatic nitrogens is 6. The highest BCUT2D eigenvalue weighted by Crippen LogP contribution is 2.30. The van der Waals surface area contributed by atoms with Gasteiger partial charge in [0.15, 0.2) is 5.69 Å². The summed E-state index contributed by atoms with van der Waals surface area (Å²) in [6, 6.07) is 2.93. The molecule has 1 N–H and O–H groups in total. The van der Waals surface area contributed by atoms with Crippen molar-refractivity contribution in [1.82, 2.24) is 29.5 Å². The van der Waals surface area contributed by atoms with Crippen LogP contribution in [-0.4, -0.2) is 48.7 Å². The van der Waals surface area contributed by atoms with Crippen LogP contribution in [0.25, 0.3) is 5.78 Å². The molecule has 0 saturated carbocycles. The average molecular weight is 392 g/mol. The summed E-state index contributed by atoms with van der Waals surface area (Å²) >= 11 is 0. The SMILES string of the molecule is Cc1cc(N2CCC(Nc3cc(C(F)(F)F)nc4ncnn34)CC2)nc(C)n1. The number of piperidine rings is 1. The summed E-state index contributed by atoms with van der Waals surface area (Å²) in [5.74, 6) is 1.76. The van der Waals surface area contributed by atoms with Crippen molar-refractivity contribution in [2.45, 2.75) is 38.9 Å². The quantitative estimate of drug-likeness (QED) is 0.734. The Morgan fingerprint density at radius 3 is 2.50 bits per heavy atom. The van der Waals surface area contributed by atoms with Crippen LogP contribution in [0.3, 0.4) is 0 Å². The minimum atomic E-state index is -4.55. The molecule has 0 aromatic carbocycles. The van der Waals surface area contributed by atoms with E-state index < -0.39 is 11.9 Å². The van der Waals surface area contributed by atoms with Gasteiger partial charge in [0, 0.05) is 37.0 Å². The number of alkyl halides is 3. The van der Waals surface area contributed by atoms with Gasteiger partial charge in [0.1, 0.15) is 23.8 Å². The molecule has 148 valence electrons. The van der Waals surface area contributed by atoms with Crippen LogP contribution in [0.1, 0.15) is 30.1 Å². The van der Waals surface area contributed by atoms with E-state index >= 15 is 0 Å². The first-order chi connectivity index (χ1) is 13.3. The predicted octanol–water partition coefficient (Wildman–Crippen LogP) is 2.63. The first-order valence-electron chi connectivity index (χ1n) is 8.91. The number of rotatable bonds is 3. The molecule has 0 aliphatic carbocycles. The van der Waals surface area contributed by atoms with Crippen LogP contribution in [0.15, 0.2) is 18.5 Å².